The number of aryl methyl sites for hydroxylation is 1. The van der Waals surface area contributed by atoms with Crippen molar-refractivity contribution in [3.05, 3.63) is 38.7 Å². The lowest BCUT2D eigenvalue weighted by Gasteiger charge is -2.30. The second kappa shape index (κ2) is 5.00. The topological polar surface area (TPSA) is 56.9 Å². The van der Waals surface area contributed by atoms with E-state index in [1.165, 1.54) is 21.3 Å². The molecule has 0 bridgehead atoms. The summed E-state index contributed by atoms with van der Waals surface area (Å²) < 4.78 is 29.5. The van der Waals surface area contributed by atoms with Crippen LogP contribution in [0, 0.1) is 6.92 Å². The molecule has 0 saturated heterocycles. The lowest BCUT2D eigenvalue weighted by Crippen LogP contribution is -2.33. The normalized spacial score (nSPS) is 18.7. The van der Waals surface area contributed by atoms with E-state index in [1.54, 1.807) is 14.0 Å². The van der Waals surface area contributed by atoms with Crippen LogP contribution in [0.1, 0.15) is 37.5 Å². The smallest absolute Gasteiger partial charge is 0.262 e. The molecule has 7 heteroatoms. The van der Waals surface area contributed by atoms with Crippen LogP contribution in [0.4, 0.5) is 8.78 Å². The zero-order valence-electron chi connectivity index (χ0n) is 12.5. The summed E-state index contributed by atoms with van der Waals surface area (Å²) in [5.74, 6) is -2.18. The monoisotopic (exact) mass is 309 g/mol. The van der Waals surface area contributed by atoms with Gasteiger partial charge in [-0.2, -0.15) is 0 Å². The van der Waals surface area contributed by atoms with Crippen molar-refractivity contribution in [1.29, 1.82) is 0 Å². The molecule has 1 saturated carbocycles. The van der Waals surface area contributed by atoms with Crippen molar-refractivity contribution in [2.45, 2.75) is 44.6 Å². The maximum atomic E-state index is 13.3. The molecule has 1 fully saturated rings. The summed E-state index contributed by atoms with van der Waals surface area (Å²) in [6.07, 6.45) is -0.0709. The minimum atomic E-state index is -2.66. The second-order valence-corrected chi connectivity index (χ2v) is 5.89. The zero-order chi connectivity index (χ0) is 16.1. The molecule has 0 amide bonds. The Labute approximate surface area is 125 Å². The first-order chi connectivity index (χ1) is 10.3. The van der Waals surface area contributed by atoms with Crippen molar-refractivity contribution >= 4 is 11.0 Å². The average molecular weight is 309 g/mol. The second-order valence-electron chi connectivity index (χ2n) is 5.89. The Balaban J connectivity index is 2.20. The molecule has 0 N–H and O–H groups in total. The molecule has 2 aromatic rings. The number of hydrogen-bond acceptors (Lipinski definition) is 3. The van der Waals surface area contributed by atoms with E-state index in [0.717, 1.165) is 0 Å². The molecule has 0 aliphatic heterocycles. The fourth-order valence-corrected chi connectivity index (χ4v) is 3.02. The van der Waals surface area contributed by atoms with Crippen molar-refractivity contribution in [2.75, 3.05) is 0 Å². The maximum absolute atomic E-state index is 13.3. The van der Waals surface area contributed by atoms with Crippen LogP contribution < -0.4 is 11.1 Å². The molecular formula is C15H17F2N3O2. The van der Waals surface area contributed by atoms with Crippen LogP contribution in [0.25, 0.3) is 11.0 Å². The Morgan fingerprint density at radius 1 is 1.23 bits per heavy atom. The molecule has 0 aromatic carbocycles. The first kappa shape index (κ1) is 14.9. The van der Waals surface area contributed by atoms with Crippen LogP contribution in [0.2, 0.25) is 0 Å². The molecule has 118 valence electrons. The van der Waals surface area contributed by atoms with Gasteiger partial charge in [0.2, 0.25) is 5.92 Å². The third kappa shape index (κ3) is 2.34. The van der Waals surface area contributed by atoms with Gasteiger partial charge in [0.1, 0.15) is 5.82 Å². The quantitative estimate of drug-likeness (QED) is 0.811. The van der Waals surface area contributed by atoms with E-state index in [4.69, 9.17) is 0 Å². The van der Waals surface area contributed by atoms with Gasteiger partial charge in [-0.3, -0.25) is 18.7 Å². The number of aromatic nitrogens is 3. The van der Waals surface area contributed by atoms with Gasteiger partial charge >= 0.3 is 0 Å². The Kier molecular flexibility index (Phi) is 3.38. The molecule has 1 aliphatic carbocycles. The summed E-state index contributed by atoms with van der Waals surface area (Å²) >= 11 is 0. The van der Waals surface area contributed by atoms with E-state index in [2.05, 4.69) is 4.98 Å². The summed E-state index contributed by atoms with van der Waals surface area (Å²) in [5.41, 5.74) is -0.247. The van der Waals surface area contributed by atoms with E-state index in [0.29, 0.717) is 16.9 Å². The lowest BCUT2D eigenvalue weighted by atomic mass is 9.92. The lowest BCUT2D eigenvalue weighted by molar-refractivity contribution is -0.0439. The highest BCUT2D eigenvalue weighted by Gasteiger charge is 2.36. The van der Waals surface area contributed by atoms with Crippen LogP contribution in [0.15, 0.2) is 21.7 Å². The maximum Gasteiger partial charge on any atom is 0.262 e. The minimum Gasteiger partial charge on any atom is -0.299 e. The zero-order valence-corrected chi connectivity index (χ0v) is 12.5. The number of hydrogen-bond donors (Lipinski definition) is 0. The van der Waals surface area contributed by atoms with Gasteiger partial charge in [0.25, 0.3) is 11.1 Å². The van der Waals surface area contributed by atoms with E-state index >= 15 is 0 Å². The molecule has 0 atom stereocenters. The van der Waals surface area contributed by atoms with E-state index in [1.807, 2.05) is 0 Å². The first-order valence-corrected chi connectivity index (χ1v) is 7.27. The van der Waals surface area contributed by atoms with E-state index in [9.17, 15) is 18.4 Å². The number of nitrogens with zero attached hydrogens (tertiary/aromatic N) is 3. The number of rotatable bonds is 1. The molecule has 0 spiro atoms. The van der Waals surface area contributed by atoms with Gasteiger partial charge in [0.15, 0.2) is 5.65 Å². The first-order valence-electron chi connectivity index (χ1n) is 7.27. The van der Waals surface area contributed by atoms with Crippen LogP contribution in [-0.4, -0.2) is 20.0 Å². The van der Waals surface area contributed by atoms with Gasteiger partial charge in [0, 0.05) is 32.0 Å². The SMILES string of the molecule is Cc1nc2c(ccc(=O)n2C2CCC(F)(F)CC2)c(=O)n1C. The van der Waals surface area contributed by atoms with Gasteiger partial charge in [-0.25, -0.2) is 13.8 Å². The Bertz CT molecular complexity index is 844. The van der Waals surface area contributed by atoms with Crippen LogP contribution in [0.3, 0.4) is 0 Å². The third-order valence-electron chi connectivity index (χ3n) is 4.44. The van der Waals surface area contributed by atoms with Gasteiger partial charge in [-0.05, 0) is 25.8 Å². The molecular weight excluding hydrogens is 292 g/mol. The van der Waals surface area contributed by atoms with Crippen molar-refractivity contribution in [1.82, 2.24) is 14.1 Å². The highest BCUT2D eigenvalue weighted by Crippen LogP contribution is 2.38. The van der Waals surface area contributed by atoms with Crippen LogP contribution >= 0.6 is 0 Å². The van der Waals surface area contributed by atoms with Gasteiger partial charge < -0.3 is 0 Å². The predicted octanol–water partition coefficient (Wildman–Crippen LogP) is 2.15. The number of alkyl halides is 2. The summed E-state index contributed by atoms with van der Waals surface area (Å²) in [4.78, 5) is 28.9. The minimum absolute atomic E-state index is 0.210. The van der Waals surface area contributed by atoms with E-state index in [-0.39, 0.29) is 42.8 Å². The molecule has 2 aromatic heterocycles. The number of halogens is 2. The number of pyridine rings is 1. The molecule has 3 rings (SSSR count). The van der Waals surface area contributed by atoms with Crippen LogP contribution in [-0.2, 0) is 7.05 Å². The van der Waals surface area contributed by atoms with Gasteiger partial charge in [-0.15, -0.1) is 0 Å². The third-order valence-corrected chi connectivity index (χ3v) is 4.44. The fraction of sp³-hybridized carbons (Fsp3) is 0.533. The van der Waals surface area contributed by atoms with Crippen molar-refractivity contribution < 1.29 is 8.78 Å². The average Bonchev–Trinajstić information content (AvgIpc) is 2.46. The van der Waals surface area contributed by atoms with Crippen molar-refractivity contribution in [3.8, 4) is 0 Å². The Hall–Kier alpha value is -2.05. The van der Waals surface area contributed by atoms with Crippen molar-refractivity contribution in [2.24, 2.45) is 7.05 Å². The molecule has 5 nitrogen and oxygen atoms in total. The Morgan fingerprint density at radius 3 is 2.50 bits per heavy atom. The summed E-state index contributed by atoms with van der Waals surface area (Å²) in [6.45, 7) is 1.68. The fourth-order valence-electron chi connectivity index (χ4n) is 3.02. The highest BCUT2D eigenvalue weighted by molar-refractivity contribution is 5.74. The summed E-state index contributed by atoms with van der Waals surface area (Å²) in [7, 11) is 1.61. The molecule has 22 heavy (non-hydrogen) atoms. The van der Waals surface area contributed by atoms with Crippen LogP contribution in [0.5, 0.6) is 0 Å². The molecule has 2 heterocycles. The Morgan fingerprint density at radius 2 is 1.86 bits per heavy atom. The molecule has 0 unspecified atom stereocenters. The summed E-state index contributed by atoms with van der Waals surface area (Å²) in [6, 6.07) is 2.43. The molecule has 1 aliphatic rings. The molecule has 0 radical (unpaired) electrons. The van der Waals surface area contributed by atoms with Gasteiger partial charge in [-0.1, -0.05) is 0 Å². The standard InChI is InChI=1S/C15H17F2N3O2/c1-9-18-13-11(14(22)19(9)2)3-4-12(21)20(13)10-5-7-15(16,17)8-6-10/h3-4,10H,5-8H2,1-2H3. The largest absolute Gasteiger partial charge is 0.299 e. The van der Waals surface area contributed by atoms with Gasteiger partial charge in [0.05, 0.1) is 5.39 Å². The van der Waals surface area contributed by atoms with E-state index < -0.39 is 5.92 Å². The predicted molar refractivity (Wildman–Crippen MR) is 78.4 cm³/mol. The highest BCUT2D eigenvalue weighted by atomic mass is 19.3. The number of fused-ring (bicyclic) bond motifs is 1. The van der Waals surface area contributed by atoms with Crippen molar-refractivity contribution in [3.63, 3.8) is 0 Å². The summed E-state index contributed by atoms with van der Waals surface area (Å²) in [5, 5.41) is 0.338.